The molecule has 4 rings (SSSR count). The van der Waals surface area contributed by atoms with Crippen LogP contribution in [0, 0.1) is 0 Å². The minimum absolute atomic E-state index is 0.373. The lowest BCUT2D eigenvalue weighted by Gasteiger charge is -2.43. The van der Waals surface area contributed by atoms with Gasteiger partial charge in [0.05, 0.1) is 0 Å². The van der Waals surface area contributed by atoms with Gasteiger partial charge in [0, 0.05) is 11.0 Å². The van der Waals surface area contributed by atoms with E-state index < -0.39 is 40.1 Å². The van der Waals surface area contributed by atoms with Crippen molar-refractivity contribution in [2.45, 2.75) is 42.1 Å². The van der Waals surface area contributed by atoms with Crippen LogP contribution in [-0.2, 0) is 14.4 Å². The second-order valence-corrected chi connectivity index (χ2v) is 9.86. The Kier molecular flexibility index (Phi) is 5.58. The number of benzene rings is 2. The first-order chi connectivity index (χ1) is 14.8. The number of β-lactam (4-membered cyclic amide) rings is 1. The molecule has 0 spiro atoms. The predicted molar refractivity (Wildman–Crippen MR) is 119 cm³/mol. The maximum atomic E-state index is 13.2. The molecule has 2 aliphatic heterocycles. The second kappa shape index (κ2) is 8.19. The highest BCUT2D eigenvalue weighted by Crippen LogP contribution is 2.50. The number of rotatable bonds is 6. The molecule has 2 aromatic rings. The summed E-state index contributed by atoms with van der Waals surface area (Å²) in [7, 11) is 0. The average molecular weight is 438 g/mol. The van der Waals surface area contributed by atoms with Gasteiger partial charge >= 0.3 is 5.97 Å². The smallest absolute Gasteiger partial charge is 0.327 e. The molecule has 160 valence electrons. The summed E-state index contributed by atoms with van der Waals surface area (Å²) in [6.07, 6.45) is 1.64. The van der Waals surface area contributed by atoms with Gasteiger partial charge in [-0.2, -0.15) is 0 Å². The number of hydrogen-bond acceptors (Lipinski definition) is 5. The number of hydrogen-bond donors (Lipinski definition) is 2. The number of carbonyl (C=O) groups excluding carboxylic acids is 2. The number of carboxylic acid groups (broad SMARTS) is 1. The third kappa shape index (κ3) is 3.95. The summed E-state index contributed by atoms with van der Waals surface area (Å²) in [4.78, 5) is 43.4. The lowest BCUT2D eigenvalue weighted by molar-refractivity contribution is -0.161. The van der Waals surface area contributed by atoms with Crippen LogP contribution < -0.4 is 5.32 Å². The van der Waals surface area contributed by atoms with Gasteiger partial charge in [-0.1, -0.05) is 60.7 Å². The minimum Gasteiger partial charge on any atom is -0.480 e. The van der Waals surface area contributed by atoms with Crippen LogP contribution in [0.1, 0.15) is 31.0 Å². The van der Waals surface area contributed by atoms with E-state index in [-0.39, 0.29) is 5.91 Å². The van der Waals surface area contributed by atoms with E-state index in [1.165, 1.54) is 16.7 Å². The summed E-state index contributed by atoms with van der Waals surface area (Å²) in [6, 6.07) is 16.1. The van der Waals surface area contributed by atoms with E-state index in [1.807, 2.05) is 60.7 Å². The first-order valence-corrected chi connectivity index (χ1v) is 10.8. The number of nitrogens with one attached hydrogen (secondary N) is 1. The van der Waals surface area contributed by atoms with E-state index >= 15 is 0 Å². The van der Waals surface area contributed by atoms with Crippen molar-refractivity contribution < 1.29 is 19.5 Å². The van der Waals surface area contributed by atoms with Crippen LogP contribution in [0.25, 0.3) is 0 Å². The fourth-order valence-corrected chi connectivity index (χ4v) is 5.64. The molecule has 2 aliphatic rings. The standard InChI is InChI=1S/C23H23N3O4S/c1-23(2)18(22(29)30)26-20(28)17(21(26)31-23)25-19(27)16(15-11-7-4-8-12-15)24-13-14-9-5-3-6-10-14/h3-13,16-18,21H,1-2H3,(H,25,27)(H,29,30)/t16?,17-,18+,21?/m1/s1. The molecule has 2 aromatic carbocycles. The Morgan fingerprint density at radius 2 is 1.74 bits per heavy atom. The van der Waals surface area contributed by atoms with Gasteiger partial charge in [-0.05, 0) is 25.0 Å². The van der Waals surface area contributed by atoms with Gasteiger partial charge in [0.1, 0.15) is 17.5 Å². The molecule has 4 atom stereocenters. The van der Waals surface area contributed by atoms with Crippen molar-refractivity contribution in [2.24, 2.45) is 4.99 Å². The summed E-state index contributed by atoms with van der Waals surface area (Å²) in [5.74, 6) is -1.80. The van der Waals surface area contributed by atoms with Crippen molar-refractivity contribution in [1.82, 2.24) is 10.2 Å². The molecule has 0 bridgehead atoms. The molecule has 2 saturated heterocycles. The number of carboxylic acids is 1. The van der Waals surface area contributed by atoms with Crippen molar-refractivity contribution in [3.8, 4) is 0 Å². The van der Waals surface area contributed by atoms with E-state index in [4.69, 9.17) is 0 Å². The monoisotopic (exact) mass is 437 g/mol. The Bertz CT molecular complexity index is 1030. The van der Waals surface area contributed by atoms with E-state index in [9.17, 15) is 19.5 Å². The third-order valence-corrected chi connectivity index (χ3v) is 7.08. The van der Waals surface area contributed by atoms with Crippen molar-refractivity contribution in [1.29, 1.82) is 0 Å². The molecular weight excluding hydrogens is 414 g/mol. The van der Waals surface area contributed by atoms with Gasteiger partial charge in [0.25, 0.3) is 0 Å². The zero-order valence-corrected chi connectivity index (χ0v) is 18.0. The third-order valence-electron chi connectivity index (χ3n) is 5.51. The number of fused-ring (bicyclic) bond motifs is 1. The molecule has 2 N–H and O–H groups in total. The number of aliphatic imine (C=N–C) groups is 1. The molecular formula is C23H23N3O4S. The van der Waals surface area contributed by atoms with E-state index in [1.54, 1.807) is 20.1 Å². The zero-order chi connectivity index (χ0) is 22.2. The minimum atomic E-state index is -1.03. The summed E-state index contributed by atoms with van der Waals surface area (Å²) < 4.78 is -0.643. The molecule has 2 fully saturated rings. The Balaban J connectivity index is 1.54. The SMILES string of the molecule is CC1(C)SC2[C@H](NC(=O)C(N=Cc3ccccc3)c3ccccc3)C(=O)N2[C@H]1C(=O)O. The van der Waals surface area contributed by atoms with Gasteiger partial charge in [-0.3, -0.25) is 14.6 Å². The number of nitrogens with zero attached hydrogens (tertiary/aromatic N) is 2. The van der Waals surface area contributed by atoms with Gasteiger partial charge < -0.3 is 15.3 Å². The molecule has 2 amide bonds. The zero-order valence-electron chi connectivity index (χ0n) is 17.1. The quantitative estimate of drug-likeness (QED) is 0.534. The Morgan fingerprint density at radius 3 is 2.35 bits per heavy atom. The van der Waals surface area contributed by atoms with Crippen LogP contribution in [0.5, 0.6) is 0 Å². The van der Waals surface area contributed by atoms with Crippen molar-refractivity contribution in [3.63, 3.8) is 0 Å². The maximum Gasteiger partial charge on any atom is 0.327 e. The first kappa shape index (κ1) is 21.1. The lowest BCUT2D eigenvalue weighted by Crippen LogP contribution is -2.70. The van der Waals surface area contributed by atoms with Crippen molar-refractivity contribution in [3.05, 3.63) is 71.8 Å². The topological polar surface area (TPSA) is 99.1 Å². The van der Waals surface area contributed by atoms with Crippen molar-refractivity contribution >= 4 is 35.8 Å². The van der Waals surface area contributed by atoms with E-state index in [0.717, 1.165) is 5.56 Å². The highest BCUT2D eigenvalue weighted by atomic mass is 32.2. The van der Waals surface area contributed by atoms with Gasteiger partial charge in [0.2, 0.25) is 11.8 Å². The summed E-state index contributed by atoms with van der Waals surface area (Å²) in [6.45, 7) is 3.61. The van der Waals surface area contributed by atoms with Crippen LogP contribution in [0.3, 0.4) is 0 Å². The average Bonchev–Trinajstić information content (AvgIpc) is 3.01. The van der Waals surface area contributed by atoms with Crippen LogP contribution in [0.4, 0.5) is 0 Å². The lowest BCUT2D eigenvalue weighted by atomic mass is 9.95. The molecule has 31 heavy (non-hydrogen) atoms. The number of carbonyl (C=O) groups is 3. The molecule has 0 aromatic heterocycles. The Hall–Kier alpha value is -3.13. The van der Waals surface area contributed by atoms with Crippen LogP contribution in [0.2, 0.25) is 0 Å². The maximum absolute atomic E-state index is 13.2. The molecule has 7 nitrogen and oxygen atoms in total. The fourth-order valence-electron chi connectivity index (χ4n) is 4.02. The van der Waals surface area contributed by atoms with Crippen LogP contribution >= 0.6 is 11.8 Å². The predicted octanol–water partition coefficient (Wildman–Crippen LogP) is 2.48. The summed E-state index contributed by atoms with van der Waals surface area (Å²) in [5, 5.41) is 12.0. The molecule has 2 unspecified atom stereocenters. The number of thioether (sulfide) groups is 1. The second-order valence-electron chi connectivity index (χ2n) is 8.09. The largest absolute Gasteiger partial charge is 0.480 e. The summed E-state index contributed by atoms with van der Waals surface area (Å²) in [5.41, 5.74) is 1.57. The normalized spacial score (nSPS) is 25.0. The Labute approximate surface area is 184 Å². The number of aliphatic carboxylic acids is 1. The van der Waals surface area contributed by atoms with E-state index in [2.05, 4.69) is 10.3 Å². The molecule has 8 heteroatoms. The molecule has 0 aliphatic carbocycles. The molecule has 0 saturated carbocycles. The van der Waals surface area contributed by atoms with Crippen molar-refractivity contribution in [2.75, 3.05) is 0 Å². The van der Waals surface area contributed by atoms with Crippen LogP contribution in [0.15, 0.2) is 65.7 Å². The molecule has 0 radical (unpaired) electrons. The first-order valence-electron chi connectivity index (χ1n) is 9.96. The van der Waals surface area contributed by atoms with Gasteiger partial charge in [0.15, 0.2) is 6.04 Å². The highest BCUT2D eigenvalue weighted by Gasteiger charge is 2.64. The van der Waals surface area contributed by atoms with Gasteiger partial charge in [-0.15, -0.1) is 11.8 Å². The van der Waals surface area contributed by atoms with Crippen LogP contribution in [-0.4, -0.2) is 56.2 Å². The highest BCUT2D eigenvalue weighted by molar-refractivity contribution is 8.01. The summed E-state index contributed by atoms with van der Waals surface area (Å²) >= 11 is 1.40. The number of amides is 2. The van der Waals surface area contributed by atoms with E-state index in [0.29, 0.717) is 5.56 Å². The Morgan fingerprint density at radius 1 is 1.13 bits per heavy atom. The molecule has 2 heterocycles. The van der Waals surface area contributed by atoms with Gasteiger partial charge in [-0.25, -0.2) is 4.79 Å². The fraction of sp³-hybridized carbons (Fsp3) is 0.304.